The van der Waals surface area contributed by atoms with Crippen LogP contribution in [0.1, 0.15) is 11.8 Å². The van der Waals surface area contributed by atoms with Gasteiger partial charge in [-0.25, -0.2) is 4.98 Å². The first kappa shape index (κ1) is 12.0. The van der Waals surface area contributed by atoms with Crippen molar-refractivity contribution in [3.05, 3.63) is 34.8 Å². The Kier molecular flexibility index (Phi) is 3.08. The van der Waals surface area contributed by atoms with Gasteiger partial charge in [-0.15, -0.1) is 11.3 Å². The van der Waals surface area contributed by atoms with Crippen molar-refractivity contribution in [2.24, 2.45) is 0 Å². The van der Waals surface area contributed by atoms with Gasteiger partial charge in [0.15, 0.2) is 0 Å². The van der Waals surface area contributed by atoms with Crippen molar-refractivity contribution in [2.45, 2.75) is 13.5 Å². The Morgan fingerprint density at radius 1 is 1.42 bits per heavy atom. The summed E-state index contributed by atoms with van der Waals surface area (Å²) in [5.41, 5.74) is 9.63. The van der Waals surface area contributed by atoms with Gasteiger partial charge in [-0.3, -0.25) is 4.98 Å². The smallest absolute Gasteiger partial charge is 0.201 e. The van der Waals surface area contributed by atoms with Crippen molar-refractivity contribution in [1.29, 1.82) is 0 Å². The Labute approximate surface area is 114 Å². The number of thiazole rings is 1. The SMILES string of the molecule is CCOc1cccc2c1nc(N)n2Cc1cncs1. The first-order valence-electron chi connectivity index (χ1n) is 6.04. The number of rotatable bonds is 4. The fourth-order valence-electron chi connectivity index (χ4n) is 2.05. The molecule has 0 aliphatic heterocycles. The van der Waals surface area contributed by atoms with E-state index in [1.54, 1.807) is 11.3 Å². The molecule has 0 radical (unpaired) electrons. The monoisotopic (exact) mass is 274 g/mol. The molecule has 0 aliphatic rings. The molecule has 5 nitrogen and oxygen atoms in total. The second-order valence-corrected chi connectivity index (χ2v) is 5.05. The van der Waals surface area contributed by atoms with Gasteiger partial charge in [0.05, 0.1) is 24.2 Å². The molecule has 0 saturated carbocycles. The number of nitrogens with zero attached hydrogens (tertiary/aromatic N) is 3. The van der Waals surface area contributed by atoms with Crippen molar-refractivity contribution in [2.75, 3.05) is 12.3 Å². The summed E-state index contributed by atoms with van der Waals surface area (Å²) in [7, 11) is 0. The van der Waals surface area contributed by atoms with E-state index in [9.17, 15) is 0 Å². The molecule has 0 amide bonds. The largest absolute Gasteiger partial charge is 0.492 e. The van der Waals surface area contributed by atoms with Gasteiger partial charge in [0, 0.05) is 11.1 Å². The minimum atomic E-state index is 0.496. The maximum Gasteiger partial charge on any atom is 0.201 e. The molecule has 0 unspecified atom stereocenters. The number of ether oxygens (including phenoxy) is 1. The molecule has 1 aromatic carbocycles. The number of nitrogen functional groups attached to an aromatic ring is 1. The van der Waals surface area contributed by atoms with Crippen LogP contribution in [-0.4, -0.2) is 21.1 Å². The summed E-state index contributed by atoms with van der Waals surface area (Å²) < 4.78 is 7.56. The highest BCUT2D eigenvalue weighted by Gasteiger charge is 2.12. The lowest BCUT2D eigenvalue weighted by atomic mass is 10.3. The fourth-order valence-corrected chi connectivity index (χ4v) is 2.64. The third-order valence-electron chi connectivity index (χ3n) is 2.87. The van der Waals surface area contributed by atoms with E-state index in [0.717, 1.165) is 21.7 Å². The van der Waals surface area contributed by atoms with Gasteiger partial charge in [-0.05, 0) is 19.1 Å². The van der Waals surface area contributed by atoms with Gasteiger partial charge in [0.2, 0.25) is 5.95 Å². The molecule has 0 atom stereocenters. The van der Waals surface area contributed by atoms with Crippen LogP contribution in [0.4, 0.5) is 5.95 Å². The Morgan fingerprint density at radius 2 is 2.32 bits per heavy atom. The van der Waals surface area contributed by atoms with E-state index in [-0.39, 0.29) is 0 Å². The number of benzene rings is 1. The minimum absolute atomic E-state index is 0.496. The zero-order valence-corrected chi connectivity index (χ0v) is 11.4. The molecular weight excluding hydrogens is 260 g/mol. The van der Waals surface area contributed by atoms with Gasteiger partial charge in [0.25, 0.3) is 0 Å². The van der Waals surface area contributed by atoms with Gasteiger partial charge >= 0.3 is 0 Å². The Balaban J connectivity index is 2.09. The summed E-state index contributed by atoms with van der Waals surface area (Å²) in [4.78, 5) is 9.64. The maximum absolute atomic E-state index is 6.02. The number of aromatic nitrogens is 3. The zero-order chi connectivity index (χ0) is 13.2. The molecule has 98 valence electrons. The van der Waals surface area contributed by atoms with Crippen LogP contribution in [0.3, 0.4) is 0 Å². The van der Waals surface area contributed by atoms with Crippen LogP contribution in [0.25, 0.3) is 11.0 Å². The lowest BCUT2D eigenvalue weighted by Crippen LogP contribution is -2.03. The summed E-state index contributed by atoms with van der Waals surface area (Å²) in [6.07, 6.45) is 1.85. The number of imidazole rings is 1. The average Bonchev–Trinajstić information content (AvgIpc) is 3.01. The summed E-state index contributed by atoms with van der Waals surface area (Å²) in [6, 6.07) is 5.87. The van der Waals surface area contributed by atoms with E-state index < -0.39 is 0 Å². The van der Waals surface area contributed by atoms with Crippen molar-refractivity contribution in [3.8, 4) is 5.75 Å². The number of nitrogens with two attached hydrogens (primary N) is 1. The number of anilines is 1. The molecule has 3 rings (SSSR count). The fraction of sp³-hybridized carbons (Fsp3) is 0.231. The molecule has 0 fully saturated rings. The van der Waals surface area contributed by atoms with E-state index >= 15 is 0 Å². The molecule has 6 heteroatoms. The van der Waals surface area contributed by atoms with Gasteiger partial charge < -0.3 is 15.0 Å². The van der Waals surface area contributed by atoms with E-state index in [4.69, 9.17) is 10.5 Å². The van der Waals surface area contributed by atoms with E-state index in [1.807, 2.05) is 41.4 Å². The highest BCUT2D eigenvalue weighted by atomic mass is 32.1. The Hall–Kier alpha value is -2.08. The summed E-state index contributed by atoms with van der Waals surface area (Å²) in [6.45, 7) is 3.25. The van der Waals surface area contributed by atoms with Gasteiger partial charge in [0.1, 0.15) is 11.3 Å². The molecule has 19 heavy (non-hydrogen) atoms. The molecule has 2 aromatic heterocycles. The van der Waals surface area contributed by atoms with Crippen molar-refractivity contribution in [1.82, 2.24) is 14.5 Å². The summed E-state index contributed by atoms with van der Waals surface area (Å²) >= 11 is 1.61. The predicted octanol–water partition coefficient (Wildman–Crippen LogP) is 2.52. The second kappa shape index (κ2) is 4.89. The van der Waals surface area contributed by atoms with E-state index in [0.29, 0.717) is 19.1 Å². The topological polar surface area (TPSA) is 66.0 Å². The summed E-state index contributed by atoms with van der Waals surface area (Å²) in [5, 5.41) is 0. The second-order valence-electron chi connectivity index (χ2n) is 4.08. The number of fused-ring (bicyclic) bond motifs is 1. The highest BCUT2D eigenvalue weighted by molar-refractivity contribution is 7.09. The quantitative estimate of drug-likeness (QED) is 0.794. The normalized spacial score (nSPS) is 11.0. The molecule has 0 aliphatic carbocycles. The highest BCUT2D eigenvalue weighted by Crippen LogP contribution is 2.28. The molecule has 0 spiro atoms. The van der Waals surface area contributed by atoms with Crippen LogP contribution in [0.2, 0.25) is 0 Å². The van der Waals surface area contributed by atoms with Crippen molar-refractivity contribution in [3.63, 3.8) is 0 Å². The first-order chi connectivity index (χ1) is 9.29. The predicted molar refractivity (Wildman–Crippen MR) is 76.5 cm³/mol. The minimum Gasteiger partial charge on any atom is -0.492 e. The van der Waals surface area contributed by atoms with Crippen LogP contribution >= 0.6 is 11.3 Å². The lowest BCUT2D eigenvalue weighted by molar-refractivity contribution is 0.343. The van der Waals surface area contributed by atoms with Gasteiger partial charge in [-0.1, -0.05) is 6.07 Å². The lowest BCUT2D eigenvalue weighted by Gasteiger charge is -2.05. The molecule has 3 aromatic rings. The van der Waals surface area contributed by atoms with Gasteiger partial charge in [-0.2, -0.15) is 0 Å². The average molecular weight is 274 g/mol. The maximum atomic E-state index is 6.02. The number of hydrogen-bond acceptors (Lipinski definition) is 5. The van der Waals surface area contributed by atoms with Crippen molar-refractivity contribution >= 4 is 28.3 Å². The molecule has 2 N–H and O–H groups in total. The third kappa shape index (κ3) is 2.15. The third-order valence-corrected chi connectivity index (χ3v) is 3.63. The van der Waals surface area contributed by atoms with Crippen LogP contribution in [-0.2, 0) is 6.54 Å². The Morgan fingerprint density at radius 3 is 3.05 bits per heavy atom. The zero-order valence-electron chi connectivity index (χ0n) is 10.5. The van der Waals surface area contributed by atoms with E-state index in [1.165, 1.54) is 0 Å². The molecule has 0 bridgehead atoms. The van der Waals surface area contributed by atoms with Crippen molar-refractivity contribution < 1.29 is 4.74 Å². The van der Waals surface area contributed by atoms with Crippen LogP contribution in [0, 0.1) is 0 Å². The first-order valence-corrected chi connectivity index (χ1v) is 6.92. The number of para-hydroxylation sites is 1. The molecule has 2 heterocycles. The number of hydrogen-bond donors (Lipinski definition) is 1. The Bertz CT molecular complexity index is 690. The molecular formula is C13H14N4OS. The van der Waals surface area contributed by atoms with Crippen LogP contribution in [0.15, 0.2) is 29.9 Å². The molecule has 0 saturated heterocycles. The van der Waals surface area contributed by atoms with Crippen LogP contribution in [0.5, 0.6) is 5.75 Å². The standard InChI is InChI=1S/C13H14N4OS/c1-2-18-11-5-3-4-10-12(11)16-13(14)17(10)7-9-6-15-8-19-9/h3-6,8H,2,7H2,1H3,(H2,14,16). The summed E-state index contributed by atoms with van der Waals surface area (Å²) in [5.74, 6) is 1.27. The van der Waals surface area contributed by atoms with Crippen LogP contribution < -0.4 is 10.5 Å². The van der Waals surface area contributed by atoms with E-state index in [2.05, 4.69) is 9.97 Å².